The molecule has 0 aliphatic heterocycles. The van der Waals surface area contributed by atoms with Crippen LogP contribution in [0.1, 0.15) is 0 Å². The van der Waals surface area contributed by atoms with Crippen molar-refractivity contribution in [3.8, 4) is 0 Å². The van der Waals surface area contributed by atoms with E-state index in [1.807, 2.05) is 39.3 Å². The van der Waals surface area contributed by atoms with Crippen LogP contribution in [0.2, 0.25) is 118 Å². The summed E-state index contributed by atoms with van der Waals surface area (Å²) in [5, 5.41) is 0. The third-order valence-electron chi connectivity index (χ3n) is 4.44. The van der Waals surface area contributed by atoms with Gasteiger partial charge in [0.05, 0.1) is 31.0 Å². The van der Waals surface area contributed by atoms with Crippen LogP contribution in [0, 0.1) is 0 Å². The SMILES string of the molecule is C[Si](C)(C)NC(C=O)C(O[Si](C)(C)C)C(O[Si](C)(C)C)C(COP(=O)(O[Si](C)(C)C)O[Si](C)(C)C)O[Si](C)(C)C. The molecule has 1 N–H and O–H groups in total. The van der Waals surface area contributed by atoms with Gasteiger partial charge < -0.3 is 31.5 Å². The van der Waals surface area contributed by atoms with Crippen molar-refractivity contribution in [3.05, 3.63) is 0 Å². The quantitative estimate of drug-likeness (QED) is 0.0840. The molecule has 0 saturated heterocycles. The fraction of sp³-hybridized carbons (Fsp3) is 0.958. The van der Waals surface area contributed by atoms with E-state index in [4.69, 9.17) is 26.2 Å². The van der Waals surface area contributed by atoms with E-state index in [1.54, 1.807) is 0 Å². The maximum absolute atomic E-state index is 14.0. The normalized spacial score (nSPS) is 17.9. The van der Waals surface area contributed by atoms with E-state index in [2.05, 4.69) is 83.5 Å². The highest BCUT2D eigenvalue weighted by Crippen LogP contribution is 2.54. The average Bonchev–Trinajstić information content (AvgIpc) is 2.59. The van der Waals surface area contributed by atoms with Crippen LogP contribution in [0.25, 0.3) is 0 Å². The second-order valence-corrected chi connectivity index (χ2v) is 45.6. The zero-order valence-corrected chi connectivity index (χ0v) is 35.7. The maximum Gasteiger partial charge on any atom is 0.455 e. The number of nitrogens with one attached hydrogen (secondary N) is 1. The molecule has 0 radical (unpaired) electrons. The van der Waals surface area contributed by atoms with E-state index in [0.717, 1.165) is 6.29 Å². The van der Waals surface area contributed by atoms with Crippen molar-refractivity contribution < 1.29 is 35.6 Å². The van der Waals surface area contributed by atoms with Crippen molar-refractivity contribution in [1.82, 2.24) is 4.98 Å². The Balaban J connectivity index is 6.93. The third-order valence-corrected chi connectivity index (χ3v) is 15.2. The monoisotopic (exact) mass is 691 g/mol. The molecule has 0 bridgehead atoms. The van der Waals surface area contributed by atoms with Gasteiger partial charge in [0.25, 0.3) is 0 Å². The molecule has 9 nitrogen and oxygen atoms in total. The van der Waals surface area contributed by atoms with E-state index in [0.29, 0.717) is 0 Å². The number of aldehydes is 1. The summed E-state index contributed by atoms with van der Waals surface area (Å²) in [6.07, 6.45) is -0.989. The summed E-state index contributed by atoms with van der Waals surface area (Å²) in [6.45, 7) is 37.0. The van der Waals surface area contributed by atoms with Crippen LogP contribution < -0.4 is 4.98 Å². The number of phosphoric acid groups is 1. The molecule has 0 spiro atoms. The van der Waals surface area contributed by atoms with Gasteiger partial charge in [0.2, 0.25) is 0 Å². The van der Waals surface area contributed by atoms with Crippen molar-refractivity contribution in [1.29, 1.82) is 0 Å². The van der Waals surface area contributed by atoms with Gasteiger partial charge in [0.15, 0.2) is 41.6 Å². The van der Waals surface area contributed by atoms with E-state index < -0.39 is 82.0 Å². The molecule has 40 heavy (non-hydrogen) atoms. The molecular formula is C24H62NO8PSi6. The first-order chi connectivity index (χ1) is 17.3. The molecule has 0 aromatic carbocycles. The first-order valence-electron chi connectivity index (χ1n) is 14.3. The van der Waals surface area contributed by atoms with Crippen LogP contribution in [-0.4, -0.2) is 87.1 Å². The third kappa shape index (κ3) is 20.0. The van der Waals surface area contributed by atoms with Crippen molar-refractivity contribution in [2.45, 2.75) is 142 Å². The highest BCUT2D eigenvalue weighted by molar-refractivity contribution is 7.52. The number of hydrogen-bond donors (Lipinski definition) is 1. The second kappa shape index (κ2) is 14.8. The Morgan fingerprint density at radius 3 is 1.27 bits per heavy atom. The Kier molecular flexibility index (Phi) is 15.1. The fourth-order valence-electron chi connectivity index (χ4n) is 3.77. The maximum atomic E-state index is 14.0. The van der Waals surface area contributed by atoms with Crippen molar-refractivity contribution in [3.63, 3.8) is 0 Å². The summed E-state index contributed by atoms with van der Waals surface area (Å²) in [5.74, 6) is 0. The molecule has 0 fully saturated rings. The summed E-state index contributed by atoms with van der Waals surface area (Å²) < 4.78 is 52.6. The molecule has 0 aliphatic carbocycles. The molecule has 0 heterocycles. The molecular weight excluding hydrogens is 630 g/mol. The van der Waals surface area contributed by atoms with Gasteiger partial charge >= 0.3 is 7.82 Å². The Morgan fingerprint density at radius 1 is 0.600 bits per heavy atom. The molecule has 0 saturated carbocycles. The Bertz CT molecular complexity index is 821. The summed E-state index contributed by atoms with van der Waals surface area (Å²) >= 11 is 0. The van der Waals surface area contributed by atoms with E-state index >= 15 is 0 Å². The number of hydrogen-bond acceptors (Lipinski definition) is 9. The largest absolute Gasteiger partial charge is 0.455 e. The second-order valence-electron chi connectivity index (χ2n) is 16.4. The lowest BCUT2D eigenvalue weighted by molar-refractivity contribution is -0.115. The van der Waals surface area contributed by atoms with Crippen LogP contribution in [0.15, 0.2) is 0 Å². The highest BCUT2D eigenvalue weighted by atomic mass is 31.2. The van der Waals surface area contributed by atoms with Gasteiger partial charge in [-0.05, 0) is 98.2 Å². The molecule has 0 amide bonds. The first kappa shape index (κ1) is 40.9. The zero-order valence-electron chi connectivity index (χ0n) is 28.8. The Hall–Kier alpha value is 0.921. The lowest BCUT2D eigenvalue weighted by Gasteiger charge is -2.44. The van der Waals surface area contributed by atoms with E-state index in [-0.39, 0.29) is 6.61 Å². The van der Waals surface area contributed by atoms with Gasteiger partial charge in [-0.25, -0.2) is 4.57 Å². The molecule has 0 aromatic rings. The van der Waals surface area contributed by atoms with Crippen LogP contribution in [0.4, 0.5) is 0 Å². The van der Waals surface area contributed by atoms with E-state index in [1.165, 1.54) is 0 Å². The summed E-state index contributed by atoms with van der Waals surface area (Å²) in [7, 11) is -17.0. The Morgan fingerprint density at radius 2 is 0.975 bits per heavy atom. The molecule has 240 valence electrons. The van der Waals surface area contributed by atoms with Gasteiger partial charge in [0, 0.05) is 0 Å². The van der Waals surface area contributed by atoms with Crippen LogP contribution in [-0.2, 0) is 35.6 Å². The standard InChI is InChI=1S/C24H62NO8PSi6/c1-35(2,3)25-21(19-26)23(30-37(7,8)9)24(31-38(10,11)12)22(29-36(4,5)6)20-28-34(27,32-39(13,14)15)33-40(16,17)18/h19,21-25H,20H2,1-18H3. The minimum atomic E-state index is -3.90. The molecule has 4 unspecified atom stereocenters. The smallest absolute Gasteiger partial charge is 0.410 e. The highest BCUT2D eigenvalue weighted by Gasteiger charge is 2.46. The topological polar surface area (TPSA) is 102 Å². The van der Waals surface area contributed by atoms with Crippen molar-refractivity contribution >= 4 is 63.9 Å². The van der Waals surface area contributed by atoms with Gasteiger partial charge in [-0.3, -0.25) is 4.52 Å². The predicted molar refractivity (Wildman–Crippen MR) is 183 cm³/mol. The Labute approximate surface area is 252 Å². The van der Waals surface area contributed by atoms with Gasteiger partial charge in [-0.1, -0.05) is 19.6 Å². The minimum absolute atomic E-state index is 0.0737. The molecule has 0 aliphatic rings. The zero-order chi connectivity index (χ0) is 32.2. The summed E-state index contributed by atoms with van der Waals surface area (Å²) in [4.78, 5) is 16.2. The van der Waals surface area contributed by atoms with Crippen molar-refractivity contribution in [2.75, 3.05) is 6.61 Å². The van der Waals surface area contributed by atoms with Crippen LogP contribution >= 0.6 is 7.82 Å². The average molecular weight is 692 g/mol. The molecule has 0 aromatic heterocycles. The lowest BCUT2D eigenvalue weighted by atomic mass is 10.0. The number of rotatable bonds is 19. The molecule has 4 atom stereocenters. The minimum Gasteiger partial charge on any atom is -0.410 e. The van der Waals surface area contributed by atoms with Gasteiger partial charge in [-0.2, -0.15) is 0 Å². The predicted octanol–water partition coefficient (Wildman–Crippen LogP) is 7.47. The van der Waals surface area contributed by atoms with Gasteiger partial charge in [0.1, 0.15) is 14.5 Å². The molecule has 0 rings (SSSR count). The summed E-state index contributed by atoms with van der Waals surface area (Å²) in [5.41, 5.74) is 0. The fourth-order valence-corrected chi connectivity index (χ4v) is 14.9. The molecule has 16 heteroatoms. The van der Waals surface area contributed by atoms with E-state index in [9.17, 15) is 9.36 Å². The van der Waals surface area contributed by atoms with Gasteiger partial charge in [-0.15, -0.1) is 0 Å². The van der Waals surface area contributed by atoms with Crippen LogP contribution in [0.5, 0.6) is 0 Å². The lowest BCUT2D eigenvalue weighted by Crippen LogP contribution is -2.63. The number of carbonyl (C=O) groups is 1. The number of carbonyl (C=O) groups excluding carboxylic acids is 1. The van der Waals surface area contributed by atoms with Crippen LogP contribution in [0.3, 0.4) is 0 Å². The first-order valence-corrected chi connectivity index (χ1v) is 36.3. The summed E-state index contributed by atoms with van der Waals surface area (Å²) in [6, 6.07) is -0.601. The van der Waals surface area contributed by atoms with Crippen molar-refractivity contribution in [2.24, 2.45) is 0 Å².